The number of halogens is 2. The Kier molecular flexibility index (Phi) is 6.52. The van der Waals surface area contributed by atoms with Crippen molar-refractivity contribution in [2.45, 2.75) is 37.9 Å². The summed E-state index contributed by atoms with van der Waals surface area (Å²) in [6.45, 7) is 5.30. The highest BCUT2D eigenvalue weighted by Gasteiger charge is 2.13. The Morgan fingerprint density at radius 1 is 1.00 bits per heavy atom. The smallest absolute Gasteiger partial charge is 0.191 e. The maximum absolute atomic E-state index is 6.12. The van der Waals surface area contributed by atoms with Crippen LogP contribution in [0.4, 0.5) is 0 Å². The van der Waals surface area contributed by atoms with Gasteiger partial charge in [-0.3, -0.25) is 0 Å². The lowest BCUT2D eigenvalue weighted by molar-refractivity contribution is 0.287. The summed E-state index contributed by atoms with van der Waals surface area (Å²) in [5, 5.41) is 13.1. The minimum atomic E-state index is 0.368. The topological polar surface area (TPSA) is 39.9 Å². The van der Waals surface area contributed by atoms with E-state index in [9.17, 15) is 0 Å². The van der Waals surface area contributed by atoms with Crippen LogP contribution in [0.15, 0.2) is 59.8 Å². The molecule has 1 heterocycles. The van der Waals surface area contributed by atoms with Gasteiger partial charge in [0.05, 0.1) is 10.0 Å². The molecular formula is C23H21Cl2N3OS. The number of hydrogen-bond donors (Lipinski definition) is 0. The Labute approximate surface area is 190 Å². The number of ether oxygens (including phenoxy) is 1. The Morgan fingerprint density at radius 3 is 2.63 bits per heavy atom. The third-order valence-corrected chi connectivity index (χ3v) is 6.74. The molecule has 4 nitrogen and oxygen atoms in total. The average molecular weight is 458 g/mol. The Morgan fingerprint density at radius 2 is 1.83 bits per heavy atom. The van der Waals surface area contributed by atoms with Crippen LogP contribution in [0.1, 0.15) is 23.9 Å². The van der Waals surface area contributed by atoms with Crippen LogP contribution in [0.25, 0.3) is 10.8 Å². The van der Waals surface area contributed by atoms with Gasteiger partial charge in [-0.05, 0) is 53.9 Å². The molecule has 0 saturated carbocycles. The monoisotopic (exact) mass is 457 g/mol. The van der Waals surface area contributed by atoms with Crippen molar-refractivity contribution < 1.29 is 4.74 Å². The fourth-order valence-corrected chi connectivity index (χ4v) is 4.62. The normalized spacial score (nSPS) is 11.2. The van der Waals surface area contributed by atoms with E-state index in [1.807, 2.05) is 36.4 Å². The lowest BCUT2D eigenvalue weighted by Crippen LogP contribution is -2.07. The maximum Gasteiger partial charge on any atom is 0.191 e. The van der Waals surface area contributed by atoms with Crippen LogP contribution in [0, 0.1) is 6.92 Å². The second-order valence-electron chi connectivity index (χ2n) is 6.88. The predicted octanol–water partition coefficient (Wildman–Crippen LogP) is 6.94. The lowest BCUT2D eigenvalue weighted by Gasteiger charge is -2.12. The van der Waals surface area contributed by atoms with Gasteiger partial charge in [-0.1, -0.05) is 71.4 Å². The number of fused-ring (bicyclic) bond motifs is 1. The third kappa shape index (κ3) is 4.43. The molecule has 0 aliphatic heterocycles. The molecule has 0 radical (unpaired) electrons. The molecule has 0 bridgehead atoms. The molecule has 7 heteroatoms. The molecule has 0 spiro atoms. The van der Waals surface area contributed by atoms with E-state index in [1.165, 1.54) is 10.8 Å². The molecule has 0 amide bonds. The van der Waals surface area contributed by atoms with E-state index in [0.717, 1.165) is 40.2 Å². The van der Waals surface area contributed by atoms with Gasteiger partial charge in [-0.25, -0.2) is 0 Å². The van der Waals surface area contributed by atoms with Crippen molar-refractivity contribution in [2.24, 2.45) is 0 Å². The first-order valence-electron chi connectivity index (χ1n) is 9.66. The van der Waals surface area contributed by atoms with Crippen molar-refractivity contribution >= 4 is 45.7 Å². The summed E-state index contributed by atoms with van der Waals surface area (Å²) in [7, 11) is 0. The van der Waals surface area contributed by atoms with Gasteiger partial charge in [0.2, 0.25) is 0 Å². The van der Waals surface area contributed by atoms with Crippen molar-refractivity contribution in [2.75, 3.05) is 0 Å². The third-order valence-electron chi connectivity index (χ3n) is 4.97. The Balaban J connectivity index is 1.47. The number of thioether (sulfide) groups is 1. The Hall–Kier alpha value is -2.21. The summed E-state index contributed by atoms with van der Waals surface area (Å²) in [5.74, 6) is 2.41. The number of benzene rings is 3. The van der Waals surface area contributed by atoms with Crippen molar-refractivity contribution in [1.82, 2.24) is 14.8 Å². The predicted molar refractivity (Wildman–Crippen MR) is 125 cm³/mol. The SMILES string of the molecule is CCn1c(COc2ccc3ccccc3c2C)nnc1SCc1ccc(Cl)c(Cl)c1. The van der Waals surface area contributed by atoms with E-state index in [2.05, 4.69) is 46.8 Å². The summed E-state index contributed by atoms with van der Waals surface area (Å²) >= 11 is 13.7. The van der Waals surface area contributed by atoms with Gasteiger partial charge in [0, 0.05) is 12.3 Å². The van der Waals surface area contributed by atoms with Gasteiger partial charge >= 0.3 is 0 Å². The van der Waals surface area contributed by atoms with Crippen molar-refractivity contribution in [3.63, 3.8) is 0 Å². The van der Waals surface area contributed by atoms with E-state index < -0.39 is 0 Å². The highest BCUT2D eigenvalue weighted by atomic mass is 35.5. The van der Waals surface area contributed by atoms with Crippen LogP contribution in [0.2, 0.25) is 10.0 Å². The molecule has 0 fully saturated rings. The van der Waals surface area contributed by atoms with Crippen molar-refractivity contribution in [1.29, 1.82) is 0 Å². The molecule has 0 atom stereocenters. The number of aromatic nitrogens is 3. The summed E-state index contributed by atoms with van der Waals surface area (Å²) in [5.41, 5.74) is 2.22. The van der Waals surface area contributed by atoms with Gasteiger partial charge < -0.3 is 9.30 Å². The molecule has 0 aliphatic rings. The van der Waals surface area contributed by atoms with Crippen LogP contribution in [-0.4, -0.2) is 14.8 Å². The molecule has 3 aromatic carbocycles. The molecule has 0 N–H and O–H groups in total. The first kappa shape index (κ1) is 21.0. The van der Waals surface area contributed by atoms with E-state index in [4.69, 9.17) is 27.9 Å². The second-order valence-corrected chi connectivity index (χ2v) is 8.64. The van der Waals surface area contributed by atoms with Gasteiger partial charge in [-0.2, -0.15) is 0 Å². The van der Waals surface area contributed by atoms with E-state index in [0.29, 0.717) is 16.7 Å². The highest BCUT2D eigenvalue weighted by Crippen LogP contribution is 2.29. The van der Waals surface area contributed by atoms with Crippen molar-refractivity contribution in [3.8, 4) is 5.75 Å². The zero-order chi connectivity index (χ0) is 21.1. The molecular weight excluding hydrogens is 437 g/mol. The molecule has 4 rings (SSSR count). The largest absolute Gasteiger partial charge is 0.485 e. The maximum atomic E-state index is 6.12. The molecule has 1 aromatic heterocycles. The number of aryl methyl sites for hydroxylation is 1. The van der Waals surface area contributed by atoms with Crippen LogP contribution < -0.4 is 4.74 Å². The lowest BCUT2D eigenvalue weighted by atomic mass is 10.0. The van der Waals surface area contributed by atoms with Gasteiger partial charge in [-0.15, -0.1) is 10.2 Å². The number of hydrogen-bond acceptors (Lipinski definition) is 4. The molecule has 0 aliphatic carbocycles. The standard InChI is InChI=1S/C23H21Cl2N3OS/c1-3-28-22(13-29-21-11-9-17-6-4-5-7-18(17)15(21)2)26-27-23(28)30-14-16-8-10-19(24)20(25)12-16/h4-12H,3,13-14H2,1-2H3. The van der Waals surface area contributed by atoms with Crippen LogP contribution in [0.5, 0.6) is 5.75 Å². The highest BCUT2D eigenvalue weighted by molar-refractivity contribution is 7.98. The fraction of sp³-hybridized carbons (Fsp3) is 0.217. The second kappa shape index (κ2) is 9.29. The minimum Gasteiger partial charge on any atom is -0.485 e. The quantitative estimate of drug-likeness (QED) is 0.281. The van der Waals surface area contributed by atoms with Gasteiger partial charge in [0.25, 0.3) is 0 Å². The van der Waals surface area contributed by atoms with Crippen LogP contribution >= 0.6 is 35.0 Å². The molecule has 0 unspecified atom stereocenters. The summed E-state index contributed by atoms with van der Waals surface area (Å²) in [6.07, 6.45) is 0. The minimum absolute atomic E-state index is 0.368. The van der Waals surface area contributed by atoms with Gasteiger partial charge in [0.15, 0.2) is 11.0 Å². The van der Waals surface area contributed by atoms with Crippen LogP contribution in [-0.2, 0) is 18.9 Å². The Bertz CT molecular complexity index is 1190. The fourth-order valence-electron chi connectivity index (χ4n) is 3.33. The first-order valence-corrected chi connectivity index (χ1v) is 11.4. The summed E-state index contributed by atoms with van der Waals surface area (Å²) in [6, 6.07) is 18.1. The molecule has 30 heavy (non-hydrogen) atoms. The van der Waals surface area contributed by atoms with Crippen LogP contribution in [0.3, 0.4) is 0 Å². The van der Waals surface area contributed by atoms with E-state index >= 15 is 0 Å². The van der Waals surface area contributed by atoms with E-state index in [1.54, 1.807) is 11.8 Å². The first-order chi connectivity index (χ1) is 14.6. The zero-order valence-corrected chi connectivity index (χ0v) is 19.1. The summed E-state index contributed by atoms with van der Waals surface area (Å²) in [4.78, 5) is 0. The average Bonchev–Trinajstić information content (AvgIpc) is 3.16. The summed E-state index contributed by atoms with van der Waals surface area (Å²) < 4.78 is 8.20. The molecule has 154 valence electrons. The zero-order valence-electron chi connectivity index (χ0n) is 16.7. The number of nitrogens with zero attached hydrogens (tertiary/aromatic N) is 3. The molecule has 0 saturated heterocycles. The van der Waals surface area contributed by atoms with Crippen molar-refractivity contribution in [3.05, 3.63) is 81.6 Å². The number of rotatable bonds is 7. The van der Waals surface area contributed by atoms with Gasteiger partial charge in [0.1, 0.15) is 12.4 Å². The van der Waals surface area contributed by atoms with E-state index in [-0.39, 0.29) is 0 Å². The molecule has 4 aromatic rings.